The number of Topliss-reactive ketones (excluding diaryl/α,β-unsaturated/α-hetero) is 1. The molecule has 2 unspecified atom stereocenters. The monoisotopic (exact) mass is 321 g/mol. The molecule has 0 aliphatic carbocycles. The van der Waals surface area contributed by atoms with Gasteiger partial charge in [-0.1, -0.05) is 13.8 Å². The first-order chi connectivity index (χ1) is 12.6. The summed E-state index contributed by atoms with van der Waals surface area (Å²) in [6.45, 7) is 2.62. The lowest BCUT2D eigenvalue weighted by molar-refractivity contribution is -0.129. The normalized spacial score (nSPS) is 29.0. The molecule has 0 radical (unpaired) electrons. The molecule has 0 N–H and O–H groups in total. The molecular formula is C19H27NO3. The summed E-state index contributed by atoms with van der Waals surface area (Å²) >= 11 is 0. The summed E-state index contributed by atoms with van der Waals surface area (Å²) in [4.78, 5) is 14.6. The van der Waals surface area contributed by atoms with Crippen LogP contribution in [0.3, 0.4) is 0 Å². The molecule has 1 aromatic rings. The van der Waals surface area contributed by atoms with Gasteiger partial charge < -0.3 is 9.47 Å². The topological polar surface area (TPSA) is 38.8 Å². The van der Waals surface area contributed by atoms with Crippen LogP contribution in [0.5, 0.6) is 11.5 Å². The van der Waals surface area contributed by atoms with E-state index >= 15 is 0 Å². The van der Waals surface area contributed by atoms with Crippen molar-refractivity contribution in [3.8, 4) is 11.5 Å². The average molecular weight is 321 g/mol. The largest absolute Gasteiger partial charge is 0.493 e. The lowest BCUT2D eigenvalue weighted by atomic mass is 9.80. The van der Waals surface area contributed by atoms with E-state index < -0.39 is 18.5 Å². The first-order valence-corrected chi connectivity index (χ1v) is 8.18. The zero-order valence-electron chi connectivity index (χ0n) is 18.2. The summed E-state index contributed by atoms with van der Waals surface area (Å²) < 4.78 is 45.0. The van der Waals surface area contributed by atoms with Gasteiger partial charge in [0.05, 0.1) is 17.0 Å². The molecule has 0 amide bonds. The maximum Gasteiger partial charge on any atom is 0.161 e. The van der Waals surface area contributed by atoms with Crippen LogP contribution in [0.15, 0.2) is 12.1 Å². The number of ether oxygens (including phenoxy) is 2. The van der Waals surface area contributed by atoms with Crippen LogP contribution in [0.1, 0.15) is 49.3 Å². The lowest BCUT2D eigenvalue weighted by Crippen LogP contribution is -2.46. The number of ketones is 1. The van der Waals surface area contributed by atoms with Gasteiger partial charge in [-0.3, -0.25) is 9.69 Å². The van der Waals surface area contributed by atoms with Gasteiger partial charge in [-0.05, 0) is 42.0 Å². The van der Waals surface area contributed by atoms with Crippen molar-refractivity contribution in [1.82, 2.24) is 4.90 Å². The number of hydrogen-bond acceptors (Lipinski definition) is 4. The number of benzene rings is 1. The van der Waals surface area contributed by atoms with E-state index in [4.69, 9.17) is 15.0 Å². The third-order valence-electron chi connectivity index (χ3n) is 4.58. The van der Waals surface area contributed by atoms with Crippen LogP contribution in [-0.2, 0) is 11.2 Å². The SMILES string of the molecule is [2H]c1c2c(c([2H])c(OC)c1OC)C1CC(=O)C(CC(C)C)C([2H])([2H])N1CC2. The van der Waals surface area contributed by atoms with Crippen LogP contribution in [-0.4, -0.2) is 37.9 Å². The highest BCUT2D eigenvalue weighted by Crippen LogP contribution is 2.42. The number of hydrogen-bond donors (Lipinski definition) is 0. The van der Waals surface area contributed by atoms with Crippen LogP contribution in [0.4, 0.5) is 0 Å². The van der Waals surface area contributed by atoms with E-state index in [1.165, 1.54) is 14.2 Å². The minimum atomic E-state index is -1.77. The van der Waals surface area contributed by atoms with Crippen LogP contribution >= 0.6 is 0 Å². The highest BCUT2D eigenvalue weighted by molar-refractivity contribution is 5.83. The molecule has 2 aliphatic heterocycles. The zero-order valence-corrected chi connectivity index (χ0v) is 14.2. The maximum atomic E-state index is 12.9. The minimum absolute atomic E-state index is 0.0842. The molecule has 1 saturated heterocycles. The first kappa shape index (κ1) is 11.9. The molecule has 0 aromatic heterocycles. The number of piperidine rings is 1. The molecular weight excluding hydrogens is 290 g/mol. The maximum absolute atomic E-state index is 12.9. The van der Waals surface area contributed by atoms with Crippen molar-refractivity contribution in [3.63, 3.8) is 0 Å². The predicted octanol–water partition coefficient (Wildman–Crippen LogP) is 3.24. The number of fused-ring (bicyclic) bond motifs is 3. The number of carbonyl (C=O) groups excluding carboxylic acids is 1. The molecule has 126 valence electrons. The lowest BCUT2D eigenvalue weighted by Gasteiger charge is -2.43. The van der Waals surface area contributed by atoms with E-state index in [1.807, 2.05) is 13.8 Å². The number of methoxy groups -OCH3 is 2. The van der Waals surface area contributed by atoms with Gasteiger partial charge in [0.2, 0.25) is 0 Å². The third-order valence-corrected chi connectivity index (χ3v) is 4.58. The Morgan fingerprint density at radius 2 is 2.04 bits per heavy atom. The number of nitrogens with zero attached hydrogens (tertiary/aromatic N) is 1. The van der Waals surface area contributed by atoms with Crippen molar-refractivity contribution in [3.05, 3.63) is 23.2 Å². The molecule has 0 saturated carbocycles. The zero-order chi connectivity index (χ0) is 20.1. The van der Waals surface area contributed by atoms with Crippen molar-refractivity contribution >= 4 is 5.78 Å². The molecule has 0 spiro atoms. The second kappa shape index (κ2) is 6.52. The molecule has 1 fully saturated rings. The van der Waals surface area contributed by atoms with Gasteiger partial charge in [0.15, 0.2) is 11.5 Å². The summed E-state index contributed by atoms with van der Waals surface area (Å²) in [6, 6.07) is -0.297. The first-order valence-electron chi connectivity index (χ1n) is 10.2. The number of rotatable bonds is 4. The van der Waals surface area contributed by atoms with Gasteiger partial charge in [-0.15, -0.1) is 0 Å². The summed E-state index contributed by atoms with van der Waals surface area (Å²) in [7, 11) is 2.86. The quantitative estimate of drug-likeness (QED) is 0.853. The third kappa shape index (κ3) is 3.09. The van der Waals surface area contributed by atoms with Crippen LogP contribution < -0.4 is 9.47 Å². The van der Waals surface area contributed by atoms with Gasteiger partial charge in [0.1, 0.15) is 5.78 Å². The van der Waals surface area contributed by atoms with Gasteiger partial charge in [0.25, 0.3) is 0 Å². The second-order valence-electron chi connectivity index (χ2n) is 6.65. The Kier molecular flexibility index (Phi) is 3.37. The fourth-order valence-electron chi connectivity index (χ4n) is 3.46. The molecule has 2 atom stereocenters. The van der Waals surface area contributed by atoms with Crippen molar-refractivity contribution in [1.29, 1.82) is 0 Å². The van der Waals surface area contributed by atoms with E-state index in [1.54, 1.807) is 4.90 Å². The summed E-state index contributed by atoms with van der Waals surface area (Å²) in [5.41, 5.74) is 1.19. The van der Waals surface area contributed by atoms with E-state index in [-0.39, 0.29) is 41.7 Å². The molecule has 1 aromatic carbocycles. The Bertz CT molecular complexity index is 766. The summed E-state index contributed by atoms with van der Waals surface area (Å²) in [5.74, 6) is -0.167. The average Bonchev–Trinajstić information content (AvgIpc) is 2.60. The Hall–Kier alpha value is -1.55. The Morgan fingerprint density at radius 3 is 2.70 bits per heavy atom. The minimum Gasteiger partial charge on any atom is -0.493 e. The summed E-state index contributed by atoms with van der Waals surface area (Å²) in [6.07, 6.45) is 1.11. The van der Waals surface area contributed by atoms with E-state index in [9.17, 15) is 4.79 Å². The van der Waals surface area contributed by atoms with Gasteiger partial charge >= 0.3 is 0 Å². The standard InChI is InChI=1S/C19H27NO3/c1-12(2)7-14-11-20-6-5-13-8-18(22-3)19(23-4)9-15(13)16(20)10-17(14)21/h8-9,12,14,16H,5-7,10-11H2,1-4H3/i8D,9D,11D2. The smallest absolute Gasteiger partial charge is 0.161 e. The van der Waals surface area contributed by atoms with Crippen molar-refractivity contribution in [2.75, 3.05) is 27.3 Å². The Labute approximate surface area is 144 Å². The highest BCUT2D eigenvalue weighted by Gasteiger charge is 2.38. The summed E-state index contributed by atoms with van der Waals surface area (Å²) in [5, 5.41) is 0. The molecule has 23 heavy (non-hydrogen) atoms. The molecule has 4 heteroatoms. The number of carbonyl (C=O) groups is 1. The van der Waals surface area contributed by atoms with Crippen molar-refractivity contribution in [2.24, 2.45) is 11.8 Å². The van der Waals surface area contributed by atoms with Crippen molar-refractivity contribution < 1.29 is 19.8 Å². The van der Waals surface area contributed by atoms with E-state index in [2.05, 4.69) is 0 Å². The Morgan fingerprint density at radius 1 is 1.35 bits per heavy atom. The highest BCUT2D eigenvalue weighted by atomic mass is 16.5. The molecule has 0 bridgehead atoms. The molecule has 2 aliphatic rings. The van der Waals surface area contributed by atoms with Crippen LogP contribution in [0, 0.1) is 11.8 Å². The van der Waals surface area contributed by atoms with Crippen molar-refractivity contribution in [2.45, 2.75) is 39.2 Å². The van der Waals surface area contributed by atoms with E-state index in [0.717, 1.165) is 0 Å². The fraction of sp³-hybridized carbons (Fsp3) is 0.632. The van der Waals surface area contributed by atoms with Crippen LogP contribution in [0.25, 0.3) is 0 Å². The fourth-order valence-corrected chi connectivity index (χ4v) is 3.46. The van der Waals surface area contributed by atoms with Gasteiger partial charge in [-0.25, -0.2) is 0 Å². The Balaban J connectivity index is 2.13. The molecule has 4 nitrogen and oxygen atoms in total. The van der Waals surface area contributed by atoms with Gasteiger partial charge in [-0.2, -0.15) is 0 Å². The predicted molar refractivity (Wildman–Crippen MR) is 90.1 cm³/mol. The van der Waals surface area contributed by atoms with Gasteiger partial charge in [0, 0.05) is 34.2 Å². The second-order valence-corrected chi connectivity index (χ2v) is 6.65. The molecule has 3 rings (SSSR count). The van der Waals surface area contributed by atoms with Crippen LogP contribution in [0.2, 0.25) is 0 Å². The van der Waals surface area contributed by atoms with E-state index in [0.29, 0.717) is 30.5 Å². The molecule has 2 heterocycles.